The van der Waals surface area contributed by atoms with Crippen LogP contribution in [0.1, 0.15) is 18.5 Å². The van der Waals surface area contributed by atoms with Gasteiger partial charge in [-0.3, -0.25) is 9.13 Å². The molecule has 0 radical (unpaired) electrons. The average Bonchev–Trinajstić information content (AvgIpc) is 3.58. The predicted octanol–water partition coefficient (Wildman–Crippen LogP) is 5.95. The number of benzene rings is 2. The molecular formula is C24H18F10N2O3. The molecule has 1 aliphatic rings. The van der Waals surface area contributed by atoms with E-state index < -0.39 is 65.5 Å². The third kappa shape index (κ3) is 4.76. The van der Waals surface area contributed by atoms with Crippen LogP contribution in [0.4, 0.5) is 43.9 Å². The van der Waals surface area contributed by atoms with Crippen LogP contribution < -0.4 is 10.4 Å². The van der Waals surface area contributed by atoms with Gasteiger partial charge in [0.1, 0.15) is 23.0 Å². The quantitative estimate of drug-likeness (QED) is 0.223. The van der Waals surface area contributed by atoms with Gasteiger partial charge in [0.05, 0.1) is 18.3 Å². The fourth-order valence-electron chi connectivity index (χ4n) is 3.99. The summed E-state index contributed by atoms with van der Waals surface area (Å²) < 4.78 is 145. The van der Waals surface area contributed by atoms with Crippen LogP contribution in [0, 0.1) is 11.6 Å². The highest BCUT2D eigenvalue weighted by atomic mass is 19.4. The first kappa shape index (κ1) is 28.5. The maximum absolute atomic E-state index is 14.4. The molecule has 15 heteroatoms. The number of nitrogens with zero attached hydrogens (tertiary/aromatic N) is 2. The monoisotopic (exact) mass is 572 g/mol. The molecule has 4 rings (SSSR count). The molecule has 1 aromatic heterocycles. The highest BCUT2D eigenvalue weighted by molar-refractivity contribution is 5.38. The lowest BCUT2D eigenvalue weighted by Crippen LogP contribution is -2.59. The average molecular weight is 572 g/mol. The van der Waals surface area contributed by atoms with Crippen molar-refractivity contribution in [3.8, 4) is 11.4 Å². The first-order valence-electron chi connectivity index (χ1n) is 11.1. The van der Waals surface area contributed by atoms with E-state index in [0.717, 1.165) is 34.9 Å². The molecule has 0 unspecified atom stereocenters. The minimum atomic E-state index is -6.40. The Balaban J connectivity index is 1.50. The Hall–Kier alpha value is -3.49. The number of hydrogen-bond donors (Lipinski definition) is 0. The van der Waals surface area contributed by atoms with Gasteiger partial charge in [-0.25, -0.2) is 22.4 Å². The van der Waals surface area contributed by atoms with Crippen LogP contribution in [-0.4, -0.2) is 46.5 Å². The van der Waals surface area contributed by atoms with Crippen molar-refractivity contribution in [3.63, 3.8) is 0 Å². The summed E-state index contributed by atoms with van der Waals surface area (Å²) >= 11 is 0. The highest BCUT2D eigenvalue weighted by Crippen LogP contribution is 2.49. The Morgan fingerprint density at radius 2 is 1.62 bits per heavy atom. The lowest BCUT2D eigenvalue weighted by molar-refractivity contribution is -0.342. The first-order valence-corrected chi connectivity index (χ1v) is 11.1. The van der Waals surface area contributed by atoms with Crippen LogP contribution >= 0.6 is 0 Å². The van der Waals surface area contributed by atoms with Crippen LogP contribution in [0.5, 0.6) is 5.75 Å². The van der Waals surface area contributed by atoms with Gasteiger partial charge >= 0.3 is 29.9 Å². The van der Waals surface area contributed by atoms with Gasteiger partial charge in [-0.2, -0.15) is 26.3 Å². The van der Waals surface area contributed by atoms with E-state index >= 15 is 0 Å². The van der Waals surface area contributed by atoms with E-state index in [1.165, 1.54) is 23.0 Å². The SMILES string of the molecule is C[C@@H](n1ccn(-c2ccc(OCC(F)(F)C(F)(F)C(F)(F)C(F)F)cc2)c1=O)[C@@]1(c2ccc(F)cc2F)CO1. The topological polar surface area (TPSA) is 48.7 Å². The molecule has 5 nitrogen and oxygen atoms in total. The summed E-state index contributed by atoms with van der Waals surface area (Å²) in [6.07, 6.45) is -2.37. The lowest BCUT2D eigenvalue weighted by Gasteiger charge is -2.32. The van der Waals surface area contributed by atoms with Gasteiger partial charge in [0.2, 0.25) is 0 Å². The molecule has 0 spiro atoms. The standard InChI is InChI=1S/C24H18F10N2O3/c1-13(21(11-39-21)17-7-2-14(25)10-18(17)26)35-8-9-36(20(35)37)15-3-5-16(6-4-15)38-12-22(29,30)24(33,34)23(31,32)19(27)28/h2-10,13,19H,11-12H2,1H3/t13-,21-/m1/s1. The van der Waals surface area contributed by atoms with Crippen LogP contribution in [-0.2, 0) is 10.3 Å². The van der Waals surface area contributed by atoms with Gasteiger partial charge in [0.15, 0.2) is 6.61 Å². The van der Waals surface area contributed by atoms with Crippen molar-refractivity contribution >= 4 is 0 Å². The van der Waals surface area contributed by atoms with Crippen molar-refractivity contribution in [2.45, 2.75) is 42.8 Å². The van der Waals surface area contributed by atoms with Gasteiger partial charge in [-0.05, 0) is 37.3 Å². The molecule has 1 saturated heterocycles. The molecule has 1 aliphatic heterocycles. The van der Waals surface area contributed by atoms with Crippen molar-refractivity contribution in [3.05, 3.63) is 82.5 Å². The zero-order chi connectivity index (χ0) is 29.0. The Labute approximate surface area is 213 Å². The second-order valence-electron chi connectivity index (χ2n) is 8.82. The number of hydrogen-bond acceptors (Lipinski definition) is 3. The van der Waals surface area contributed by atoms with E-state index in [1.807, 2.05) is 0 Å². The zero-order valence-electron chi connectivity index (χ0n) is 19.7. The van der Waals surface area contributed by atoms with Crippen molar-refractivity contribution < 1.29 is 53.4 Å². The Kier molecular flexibility index (Phi) is 7.02. The van der Waals surface area contributed by atoms with Crippen LogP contribution in [0.15, 0.2) is 59.7 Å². The third-order valence-electron chi connectivity index (χ3n) is 6.42. The number of ether oxygens (including phenoxy) is 2. The number of rotatable bonds is 10. The van der Waals surface area contributed by atoms with E-state index in [1.54, 1.807) is 6.92 Å². The summed E-state index contributed by atoms with van der Waals surface area (Å²) in [5.74, 6) is -20.5. The molecule has 0 saturated carbocycles. The minimum Gasteiger partial charge on any atom is -0.487 e. The molecule has 0 bridgehead atoms. The van der Waals surface area contributed by atoms with Crippen molar-refractivity contribution in [1.82, 2.24) is 9.13 Å². The van der Waals surface area contributed by atoms with Crippen molar-refractivity contribution in [1.29, 1.82) is 0 Å². The first-order chi connectivity index (χ1) is 18.0. The van der Waals surface area contributed by atoms with Gasteiger partial charge in [-0.15, -0.1) is 0 Å². The largest absolute Gasteiger partial charge is 0.487 e. The summed E-state index contributed by atoms with van der Waals surface area (Å²) in [7, 11) is 0. The Morgan fingerprint density at radius 1 is 1.00 bits per heavy atom. The van der Waals surface area contributed by atoms with Crippen molar-refractivity contribution in [2.75, 3.05) is 13.2 Å². The minimum absolute atomic E-state index is 0.0474. The second kappa shape index (κ2) is 9.61. The normalized spacial score (nSPS) is 18.9. The van der Waals surface area contributed by atoms with Crippen LogP contribution in [0.25, 0.3) is 5.69 Å². The molecule has 0 aliphatic carbocycles. The van der Waals surface area contributed by atoms with Gasteiger partial charge in [0.25, 0.3) is 0 Å². The fourth-order valence-corrected chi connectivity index (χ4v) is 3.99. The van der Waals surface area contributed by atoms with Gasteiger partial charge in [-0.1, -0.05) is 6.07 Å². The second-order valence-corrected chi connectivity index (χ2v) is 8.82. The summed E-state index contributed by atoms with van der Waals surface area (Å²) in [6, 6.07) is 6.41. The molecule has 2 heterocycles. The Bertz CT molecular complexity index is 1400. The third-order valence-corrected chi connectivity index (χ3v) is 6.42. The van der Waals surface area contributed by atoms with Crippen molar-refractivity contribution in [2.24, 2.45) is 0 Å². The number of halogens is 10. The number of epoxide rings is 1. The van der Waals surface area contributed by atoms with Crippen LogP contribution in [0.3, 0.4) is 0 Å². The molecule has 2 atom stereocenters. The highest BCUT2D eigenvalue weighted by Gasteiger charge is 2.75. The smallest absolute Gasteiger partial charge is 0.381 e. The molecule has 39 heavy (non-hydrogen) atoms. The predicted molar refractivity (Wildman–Crippen MR) is 115 cm³/mol. The molecule has 2 aromatic carbocycles. The Morgan fingerprint density at radius 3 is 2.15 bits per heavy atom. The number of alkyl halides is 8. The molecule has 3 aromatic rings. The van der Waals surface area contributed by atoms with E-state index in [9.17, 15) is 48.7 Å². The molecule has 0 amide bonds. The summed E-state index contributed by atoms with van der Waals surface area (Å²) in [6.45, 7) is -0.711. The molecule has 212 valence electrons. The van der Waals surface area contributed by atoms with E-state index in [0.29, 0.717) is 6.07 Å². The van der Waals surface area contributed by atoms with E-state index in [-0.39, 0.29) is 17.9 Å². The lowest BCUT2D eigenvalue weighted by atomic mass is 9.92. The maximum Gasteiger partial charge on any atom is 0.381 e. The van der Waals surface area contributed by atoms with Gasteiger partial charge < -0.3 is 9.47 Å². The maximum atomic E-state index is 14.4. The molecular weight excluding hydrogens is 554 g/mol. The zero-order valence-corrected chi connectivity index (χ0v) is 19.7. The van der Waals surface area contributed by atoms with E-state index in [4.69, 9.17) is 4.74 Å². The number of aromatic nitrogens is 2. The summed E-state index contributed by atoms with van der Waals surface area (Å²) in [4.78, 5) is 13.0. The fraction of sp³-hybridized carbons (Fsp3) is 0.375. The molecule has 1 fully saturated rings. The van der Waals surface area contributed by atoms with E-state index in [2.05, 4.69) is 4.74 Å². The number of imidazole rings is 1. The summed E-state index contributed by atoms with van der Waals surface area (Å²) in [5, 5.41) is 0. The van der Waals surface area contributed by atoms with Crippen LogP contribution in [0.2, 0.25) is 0 Å². The van der Waals surface area contributed by atoms with Gasteiger partial charge in [0, 0.05) is 24.0 Å². The summed E-state index contributed by atoms with van der Waals surface area (Å²) in [5.41, 5.74) is -1.70. The molecule has 0 N–H and O–H groups in total.